The molecule has 2 nitrogen and oxygen atoms in total. The first-order chi connectivity index (χ1) is 9.52. The van der Waals surface area contributed by atoms with Crippen molar-refractivity contribution in [1.29, 1.82) is 0 Å². The minimum absolute atomic E-state index is 0.487. The fraction of sp³-hybridized carbons (Fsp3) is 0.667. The lowest BCUT2D eigenvalue weighted by Gasteiger charge is -2.38. The number of hydrogen-bond acceptors (Lipinski definition) is 2. The van der Waals surface area contributed by atoms with Gasteiger partial charge in [-0.25, -0.2) is 0 Å². The van der Waals surface area contributed by atoms with Crippen LogP contribution in [0.2, 0.25) is 0 Å². The fourth-order valence-corrected chi connectivity index (χ4v) is 3.74. The summed E-state index contributed by atoms with van der Waals surface area (Å²) in [6.07, 6.45) is 3.87. The third kappa shape index (κ3) is 3.42. The van der Waals surface area contributed by atoms with E-state index in [1.54, 1.807) is 0 Å². The monoisotopic (exact) mass is 274 g/mol. The first kappa shape index (κ1) is 15.5. The van der Waals surface area contributed by atoms with Gasteiger partial charge in [-0.15, -0.1) is 0 Å². The van der Waals surface area contributed by atoms with E-state index in [-0.39, 0.29) is 0 Å². The van der Waals surface area contributed by atoms with Gasteiger partial charge in [-0.2, -0.15) is 0 Å². The number of nitrogens with zero attached hydrogens (tertiary/aromatic N) is 1. The Bertz CT molecular complexity index is 419. The maximum Gasteiger partial charge on any atom is 0.0391 e. The van der Waals surface area contributed by atoms with Gasteiger partial charge >= 0.3 is 0 Å². The third-order valence-electron chi connectivity index (χ3n) is 4.60. The number of rotatable bonds is 3. The lowest BCUT2D eigenvalue weighted by atomic mass is 9.87. The van der Waals surface area contributed by atoms with Gasteiger partial charge in [0.1, 0.15) is 0 Å². The number of likely N-dealkylation sites (tertiary alicyclic amines) is 1. The van der Waals surface area contributed by atoms with E-state index < -0.39 is 0 Å². The Balaban J connectivity index is 2.42. The summed E-state index contributed by atoms with van der Waals surface area (Å²) in [5.74, 6) is 0.584. The standard InChI is InChI=1S/C18H30N2/c1-13(2)20-8-6-5-7-16(12-19)18(20)17-10-14(3)9-15(4)11-17/h9-11,13,16,18H,5-8,12,19H2,1-4H3. The molecule has 2 rings (SSSR count). The predicted octanol–water partition coefficient (Wildman–Crippen LogP) is 3.81. The zero-order chi connectivity index (χ0) is 14.7. The zero-order valence-corrected chi connectivity index (χ0v) is 13.5. The van der Waals surface area contributed by atoms with Crippen LogP contribution in [0.4, 0.5) is 0 Å². The zero-order valence-electron chi connectivity index (χ0n) is 13.5. The van der Waals surface area contributed by atoms with E-state index in [0.29, 0.717) is 18.0 Å². The highest BCUT2D eigenvalue weighted by atomic mass is 15.2. The summed E-state index contributed by atoms with van der Waals surface area (Å²) in [6, 6.07) is 8.05. The quantitative estimate of drug-likeness (QED) is 0.908. The van der Waals surface area contributed by atoms with E-state index in [1.807, 2.05) is 0 Å². The van der Waals surface area contributed by atoms with Crippen molar-refractivity contribution in [3.8, 4) is 0 Å². The summed E-state index contributed by atoms with van der Waals surface area (Å²) in [4.78, 5) is 2.67. The molecule has 0 aromatic heterocycles. The molecule has 1 heterocycles. The number of benzene rings is 1. The van der Waals surface area contributed by atoms with Crippen molar-refractivity contribution in [3.05, 3.63) is 34.9 Å². The SMILES string of the molecule is Cc1cc(C)cc(C2C(CN)CCCCN2C(C)C)c1. The molecule has 112 valence electrons. The van der Waals surface area contributed by atoms with Gasteiger partial charge in [0.05, 0.1) is 0 Å². The smallest absolute Gasteiger partial charge is 0.0391 e. The second-order valence-electron chi connectivity index (χ2n) is 6.69. The van der Waals surface area contributed by atoms with Gasteiger partial charge in [0.2, 0.25) is 0 Å². The van der Waals surface area contributed by atoms with Crippen molar-refractivity contribution < 1.29 is 0 Å². The van der Waals surface area contributed by atoms with E-state index in [2.05, 4.69) is 50.8 Å². The molecule has 0 aliphatic carbocycles. The van der Waals surface area contributed by atoms with Crippen molar-refractivity contribution >= 4 is 0 Å². The molecule has 20 heavy (non-hydrogen) atoms. The van der Waals surface area contributed by atoms with E-state index in [1.165, 1.54) is 42.5 Å². The molecule has 2 heteroatoms. The number of hydrogen-bond donors (Lipinski definition) is 1. The average Bonchev–Trinajstić information content (AvgIpc) is 2.59. The van der Waals surface area contributed by atoms with Gasteiger partial charge in [-0.1, -0.05) is 35.7 Å². The summed E-state index contributed by atoms with van der Waals surface area (Å²) in [5.41, 5.74) is 10.3. The molecule has 0 radical (unpaired) electrons. The van der Waals surface area contributed by atoms with Crippen LogP contribution in [-0.2, 0) is 0 Å². The highest BCUT2D eigenvalue weighted by molar-refractivity contribution is 5.31. The van der Waals surface area contributed by atoms with E-state index in [9.17, 15) is 0 Å². The molecule has 2 unspecified atom stereocenters. The fourth-order valence-electron chi connectivity index (χ4n) is 3.74. The molecule has 1 aromatic rings. The second-order valence-corrected chi connectivity index (χ2v) is 6.69. The van der Waals surface area contributed by atoms with E-state index >= 15 is 0 Å². The van der Waals surface area contributed by atoms with Crippen LogP contribution in [0, 0.1) is 19.8 Å². The molecule has 2 atom stereocenters. The van der Waals surface area contributed by atoms with Gasteiger partial charge < -0.3 is 5.73 Å². The third-order valence-corrected chi connectivity index (χ3v) is 4.60. The molecule has 0 spiro atoms. The van der Waals surface area contributed by atoms with E-state index in [4.69, 9.17) is 5.73 Å². The van der Waals surface area contributed by atoms with Gasteiger partial charge in [0, 0.05) is 12.1 Å². The second kappa shape index (κ2) is 6.73. The Morgan fingerprint density at radius 3 is 2.35 bits per heavy atom. The Morgan fingerprint density at radius 2 is 1.80 bits per heavy atom. The van der Waals surface area contributed by atoms with Crippen LogP contribution in [-0.4, -0.2) is 24.0 Å². The van der Waals surface area contributed by atoms with Crippen LogP contribution in [0.25, 0.3) is 0 Å². The molecular weight excluding hydrogens is 244 g/mol. The lowest BCUT2D eigenvalue weighted by molar-refractivity contribution is 0.121. The lowest BCUT2D eigenvalue weighted by Crippen LogP contribution is -2.40. The first-order valence-corrected chi connectivity index (χ1v) is 8.07. The first-order valence-electron chi connectivity index (χ1n) is 8.07. The van der Waals surface area contributed by atoms with Crippen molar-refractivity contribution in [2.45, 2.75) is 59.0 Å². The van der Waals surface area contributed by atoms with Crippen molar-refractivity contribution in [3.63, 3.8) is 0 Å². The Kier molecular flexibility index (Phi) is 5.22. The normalized spacial score (nSPS) is 24.9. The van der Waals surface area contributed by atoms with Gasteiger partial charge in [-0.05, 0) is 65.1 Å². The molecule has 1 aromatic carbocycles. The Hall–Kier alpha value is -0.860. The van der Waals surface area contributed by atoms with E-state index in [0.717, 1.165) is 6.54 Å². The Labute approximate surface area is 124 Å². The van der Waals surface area contributed by atoms with Crippen LogP contribution in [0.3, 0.4) is 0 Å². The maximum atomic E-state index is 6.11. The minimum Gasteiger partial charge on any atom is -0.330 e. The molecule has 0 bridgehead atoms. The Morgan fingerprint density at radius 1 is 1.15 bits per heavy atom. The van der Waals surface area contributed by atoms with Crippen molar-refractivity contribution in [1.82, 2.24) is 4.90 Å². The molecular formula is C18H30N2. The topological polar surface area (TPSA) is 29.3 Å². The van der Waals surface area contributed by atoms with Gasteiger partial charge in [-0.3, -0.25) is 4.90 Å². The van der Waals surface area contributed by atoms with Crippen LogP contribution in [0.1, 0.15) is 55.8 Å². The molecule has 0 saturated carbocycles. The minimum atomic E-state index is 0.487. The maximum absolute atomic E-state index is 6.11. The predicted molar refractivity (Wildman–Crippen MR) is 86.9 cm³/mol. The molecule has 1 aliphatic rings. The molecule has 1 fully saturated rings. The van der Waals surface area contributed by atoms with Gasteiger partial charge in [0.25, 0.3) is 0 Å². The highest BCUT2D eigenvalue weighted by Gasteiger charge is 2.31. The van der Waals surface area contributed by atoms with Crippen LogP contribution in [0.15, 0.2) is 18.2 Å². The molecule has 2 N–H and O–H groups in total. The molecule has 0 amide bonds. The van der Waals surface area contributed by atoms with Crippen molar-refractivity contribution in [2.75, 3.05) is 13.1 Å². The number of nitrogens with two attached hydrogens (primary N) is 1. The molecule has 1 aliphatic heterocycles. The largest absolute Gasteiger partial charge is 0.330 e. The van der Waals surface area contributed by atoms with Crippen LogP contribution in [0.5, 0.6) is 0 Å². The summed E-state index contributed by atoms with van der Waals surface area (Å²) >= 11 is 0. The van der Waals surface area contributed by atoms with Crippen LogP contribution < -0.4 is 5.73 Å². The molecule has 1 saturated heterocycles. The van der Waals surface area contributed by atoms with Crippen molar-refractivity contribution in [2.24, 2.45) is 11.7 Å². The summed E-state index contributed by atoms with van der Waals surface area (Å²) in [7, 11) is 0. The number of aryl methyl sites for hydroxylation is 2. The average molecular weight is 274 g/mol. The summed E-state index contributed by atoms with van der Waals surface area (Å²) in [6.45, 7) is 11.0. The summed E-state index contributed by atoms with van der Waals surface area (Å²) in [5, 5.41) is 0. The highest BCUT2D eigenvalue weighted by Crippen LogP contribution is 2.36. The van der Waals surface area contributed by atoms with Gasteiger partial charge in [0.15, 0.2) is 0 Å². The summed E-state index contributed by atoms with van der Waals surface area (Å²) < 4.78 is 0. The van der Waals surface area contributed by atoms with Crippen LogP contribution >= 0.6 is 0 Å².